The van der Waals surface area contributed by atoms with E-state index >= 15 is 0 Å². The van der Waals surface area contributed by atoms with Gasteiger partial charge in [0.05, 0.1) is 6.20 Å². The van der Waals surface area contributed by atoms with Crippen LogP contribution in [0.1, 0.15) is 38.9 Å². The van der Waals surface area contributed by atoms with E-state index in [0.29, 0.717) is 18.2 Å². The monoisotopic (exact) mass is 287 g/mol. The predicted molar refractivity (Wildman–Crippen MR) is 82.9 cm³/mol. The fourth-order valence-corrected chi connectivity index (χ4v) is 1.89. The van der Waals surface area contributed by atoms with Crippen molar-refractivity contribution in [2.75, 3.05) is 5.32 Å². The first-order chi connectivity index (χ1) is 9.95. The third-order valence-corrected chi connectivity index (χ3v) is 3.02. The molecule has 112 valence electrons. The van der Waals surface area contributed by atoms with Crippen LogP contribution in [-0.2, 0) is 4.79 Å². The van der Waals surface area contributed by atoms with Gasteiger partial charge >= 0.3 is 0 Å². The number of benzene rings is 1. The van der Waals surface area contributed by atoms with Crippen LogP contribution in [0.3, 0.4) is 0 Å². The Morgan fingerprint density at radius 1 is 1.29 bits per heavy atom. The molecule has 0 fully saturated rings. The zero-order chi connectivity index (χ0) is 15.4. The lowest BCUT2D eigenvalue weighted by Gasteiger charge is -2.07. The largest absolute Gasteiger partial charge is 0.441 e. The zero-order valence-corrected chi connectivity index (χ0v) is 12.6. The summed E-state index contributed by atoms with van der Waals surface area (Å²) in [6, 6.07) is 7.25. The fourth-order valence-electron chi connectivity index (χ4n) is 1.89. The molecule has 0 saturated heterocycles. The summed E-state index contributed by atoms with van der Waals surface area (Å²) in [6.07, 6.45) is 2.05. The minimum absolute atomic E-state index is 0.0871. The number of oxazole rings is 1. The number of hydrogen-bond donors (Lipinski definition) is 2. The Bertz CT molecular complexity index is 600. The molecule has 1 aromatic carbocycles. The lowest BCUT2D eigenvalue weighted by Crippen LogP contribution is -2.23. The van der Waals surface area contributed by atoms with Crippen molar-refractivity contribution in [1.29, 1.82) is 0 Å². The molecule has 0 aliphatic heterocycles. The molecule has 2 aromatic rings. The summed E-state index contributed by atoms with van der Waals surface area (Å²) < 4.78 is 5.69. The molecule has 1 heterocycles. The molecule has 3 N–H and O–H groups in total. The molecule has 5 heteroatoms. The number of anilines is 1. The second-order valence-electron chi connectivity index (χ2n) is 5.53. The van der Waals surface area contributed by atoms with Crippen molar-refractivity contribution in [3.05, 3.63) is 36.2 Å². The Morgan fingerprint density at radius 2 is 1.95 bits per heavy atom. The van der Waals surface area contributed by atoms with E-state index in [0.717, 1.165) is 17.0 Å². The maximum Gasteiger partial charge on any atom is 0.226 e. The van der Waals surface area contributed by atoms with Gasteiger partial charge in [-0.3, -0.25) is 4.79 Å². The van der Waals surface area contributed by atoms with E-state index in [1.807, 2.05) is 24.3 Å². The van der Waals surface area contributed by atoms with Gasteiger partial charge in [-0.25, -0.2) is 4.98 Å². The Balaban J connectivity index is 2.06. The SMILES string of the molecule is CC(N)CC(=O)Nc1ccc(-c2ncc(C(C)C)o2)cc1. The molecule has 21 heavy (non-hydrogen) atoms. The standard InChI is InChI=1S/C16H21N3O2/c1-10(2)14-9-18-16(21-14)12-4-6-13(7-5-12)19-15(20)8-11(3)17/h4-7,9-11H,8,17H2,1-3H3,(H,19,20). The molecular weight excluding hydrogens is 266 g/mol. The summed E-state index contributed by atoms with van der Waals surface area (Å²) in [4.78, 5) is 15.9. The quantitative estimate of drug-likeness (QED) is 0.885. The number of aromatic nitrogens is 1. The number of rotatable bonds is 5. The van der Waals surface area contributed by atoms with E-state index in [9.17, 15) is 4.79 Å². The minimum Gasteiger partial charge on any atom is -0.441 e. The smallest absolute Gasteiger partial charge is 0.226 e. The van der Waals surface area contributed by atoms with E-state index in [1.165, 1.54) is 0 Å². The van der Waals surface area contributed by atoms with Gasteiger partial charge in [0.2, 0.25) is 11.8 Å². The number of carbonyl (C=O) groups is 1. The van der Waals surface area contributed by atoms with Crippen LogP contribution in [0.25, 0.3) is 11.5 Å². The summed E-state index contributed by atoms with van der Waals surface area (Å²) in [7, 11) is 0. The molecule has 2 rings (SSSR count). The first-order valence-electron chi connectivity index (χ1n) is 7.07. The lowest BCUT2D eigenvalue weighted by atomic mass is 10.2. The molecule has 0 bridgehead atoms. The molecule has 0 spiro atoms. The van der Waals surface area contributed by atoms with Crippen LogP contribution in [0.4, 0.5) is 5.69 Å². The number of nitrogens with one attached hydrogen (secondary N) is 1. The summed E-state index contributed by atoms with van der Waals surface area (Å²) in [5.74, 6) is 1.67. The number of nitrogens with zero attached hydrogens (tertiary/aromatic N) is 1. The summed E-state index contributed by atoms with van der Waals surface area (Å²) in [6.45, 7) is 5.92. The highest BCUT2D eigenvalue weighted by molar-refractivity contribution is 5.91. The third kappa shape index (κ3) is 4.16. The number of hydrogen-bond acceptors (Lipinski definition) is 4. The van der Waals surface area contributed by atoms with Crippen LogP contribution in [-0.4, -0.2) is 16.9 Å². The molecule has 1 unspecified atom stereocenters. The van der Waals surface area contributed by atoms with Gasteiger partial charge in [0.1, 0.15) is 5.76 Å². The molecule has 1 aromatic heterocycles. The average Bonchev–Trinajstić information content (AvgIpc) is 2.88. The lowest BCUT2D eigenvalue weighted by molar-refractivity contribution is -0.116. The van der Waals surface area contributed by atoms with Crippen LogP contribution in [0, 0.1) is 0 Å². The highest BCUT2D eigenvalue weighted by Crippen LogP contribution is 2.24. The van der Waals surface area contributed by atoms with E-state index < -0.39 is 0 Å². The molecule has 0 radical (unpaired) electrons. The van der Waals surface area contributed by atoms with Gasteiger partial charge in [-0.05, 0) is 31.2 Å². The molecular formula is C16H21N3O2. The maximum absolute atomic E-state index is 11.6. The third-order valence-electron chi connectivity index (χ3n) is 3.02. The van der Waals surface area contributed by atoms with Gasteiger partial charge in [-0.1, -0.05) is 13.8 Å². The summed E-state index contributed by atoms with van der Waals surface area (Å²) in [5.41, 5.74) is 7.21. The van der Waals surface area contributed by atoms with Crippen molar-refractivity contribution in [3.8, 4) is 11.5 Å². The number of amides is 1. The Hall–Kier alpha value is -2.14. The molecule has 0 saturated carbocycles. The van der Waals surface area contributed by atoms with Crippen LogP contribution < -0.4 is 11.1 Å². The van der Waals surface area contributed by atoms with Crippen molar-refractivity contribution in [2.24, 2.45) is 5.73 Å². The van der Waals surface area contributed by atoms with Gasteiger partial charge in [0, 0.05) is 29.6 Å². The fraction of sp³-hybridized carbons (Fsp3) is 0.375. The second-order valence-corrected chi connectivity index (χ2v) is 5.53. The van der Waals surface area contributed by atoms with Crippen LogP contribution in [0.5, 0.6) is 0 Å². The van der Waals surface area contributed by atoms with E-state index in [4.69, 9.17) is 10.2 Å². The van der Waals surface area contributed by atoms with Gasteiger partial charge in [0.25, 0.3) is 0 Å². The Labute approximate surface area is 124 Å². The molecule has 5 nitrogen and oxygen atoms in total. The van der Waals surface area contributed by atoms with E-state index in [2.05, 4.69) is 24.1 Å². The summed E-state index contributed by atoms with van der Waals surface area (Å²) >= 11 is 0. The summed E-state index contributed by atoms with van der Waals surface area (Å²) in [5, 5.41) is 2.81. The maximum atomic E-state index is 11.6. The number of carbonyl (C=O) groups excluding carboxylic acids is 1. The van der Waals surface area contributed by atoms with Crippen molar-refractivity contribution >= 4 is 11.6 Å². The van der Waals surface area contributed by atoms with Crippen LogP contribution >= 0.6 is 0 Å². The van der Waals surface area contributed by atoms with Gasteiger partial charge < -0.3 is 15.5 Å². The average molecular weight is 287 g/mol. The van der Waals surface area contributed by atoms with E-state index in [1.54, 1.807) is 13.1 Å². The topological polar surface area (TPSA) is 81.2 Å². The van der Waals surface area contributed by atoms with Gasteiger partial charge in [-0.15, -0.1) is 0 Å². The van der Waals surface area contributed by atoms with Gasteiger partial charge in [-0.2, -0.15) is 0 Å². The van der Waals surface area contributed by atoms with Crippen molar-refractivity contribution in [1.82, 2.24) is 4.98 Å². The zero-order valence-electron chi connectivity index (χ0n) is 12.6. The normalized spacial score (nSPS) is 12.4. The molecule has 0 aliphatic rings. The van der Waals surface area contributed by atoms with Crippen LogP contribution in [0.2, 0.25) is 0 Å². The number of nitrogens with two attached hydrogens (primary N) is 1. The van der Waals surface area contributed by atoms with Crippen LogP contribution in [0.15, 0.2) is 34.9 Å². The first-order valence-corrected chi connectivity index (χ1v) is 7.07. The highest BCUT2D eigenvalue weighted by atomic mass is 16.4. The van der Waals surface area contributed by atoms with Crippen molar-refractivity contribution in [2.45, 2.75) is 39.2 Å². The predicted octanol–water partition coefficient (Wildman–Crippen LogP) is 3.14. The molecule has 1 amide bonds. The molecule has 1 atom stereocenters. The second kappa shape index (κ2) is 6.54. The van der Waals surface area contributed by atoms with E-state index in [-0.39, 0.29) is 11.9 Å². The Morgan fingerprint density at radius 3 is 2.48 bits per heavy atom. The molecule has 0 aliphatic carbocycles. The Kier molecular flexibility index (Phi) is 4.75. The van der Waals surface area contributed by atoms with Crippen molar-refractivity contribution in [3.63, 3.8) is 0 Å². The van der Waals surface area contributed by atoms with Crippen molar-refractivity contribution < 1.29 is 9.21 Å². The first kappa shape index (κ1) is 15.3. The minimum atomic E-state index is -0.147. The van der Waals surface area contributed by atoms with Gasteiger partial charge in [0.15, 0.2) is 0 Å². The highest BCUT2D eigenvalue weighted by Gasteiger charge is 2.10.